The average Bonchev–Trinajstić information content (AvgIpc) is 2.22. The van der Waals surface area contributed by atoms with Gasteiger partial charge in [-0.25, -0.2) is 0 Å². The maximum Gasteiger partial charge on any atom is 0.294 e. The zero-order valence-corrected chi connectivity index (χ0v) is 9.18. The van der Waals surface area contributed by atoms with Crippen LogP contribution in [0, 0.1) is 11.8 Å². The molecular formula is C10H12N2O3S. The van der Waals surface area contributed by atoms with E-state index in [9.17, 15) is 8.42 Å². The molecule has 0 bridgehead atoms. The lowest BCUT2D eigenvalue weighted by Gasteiger charge is -2.28. The predicted octanol–water partition coefficient (Wildman–Crippen LogP) is 0.259. The summed E-state index contributed by atoms with van der Waals surface area (Å²) in [5, 5.41) is 0. The maximum absolute atomic E-state index is 11.0. The number of hydrogen-bond donors (Lipinski definition) is 3. The Bertz CT molecular complexity index is 540. The Balaban J connectivity index is 2.44. The van der Waals surface area contributed by atoms with E-state index in [1.54, 1.807) is 18.2 Å². The summed E-state index contributed by atoms with van der Waals surface area (Å²) >= 11 is 0. The zero-order chi connectivity index (χ0) is 11.9. The summed E-state index contributed by atoms with van der Waals surface area (Å²) in [5.74, 6) is -0.428. The third-order valence-corrected chi connectivity index (χ3v) is 3.60. The van der Waals surface area contributed by atoms with Crippen LogP contribution in [-0.4, -0.2) is 13.0 Å². The lowest BCUT2D eigenvalue weighted by molar-refractivity contribution is 0.489. The maximum atomic E-state index is 11.0. The number of nitrogens with two attached hydrogens (primary N) is 2. The molecule has 2 unspecified atom stereocenters. The van der Waals surface area contributed by atoms with Crippen LogP contribution in [0.4, 0.5) is 0 Å². The van der Waals surface area contributed by atoms with Crippen molar-refractivity contribution in [2.45, 2.75) is 0 Å². The van der Waals surface area contributed by atoms with Crippen molar-refractivity contribution in [3.63, 3.8) is 0 Å². The van der Waals surface area contributed by atoms with E-state index in [-0.39, 0.29) is 16.7 Å². The molecule has 2 aliphatic carbocycles. The van der Waals surface area contributed by atoms with Crippen LogP contribution in [0.25, 0.3) is 0 Å². The lowest BCUT2D eigenvalue weighted by atomic mass is 9.81. The molecule has 2 rings (SSSR count). The molecule has 0 aromatic heterocycles. The number of rotatable bonds is 1. The second kappa shape index (κ2) is 3.50. The molecule has 2 aliphatic rings. The highest BCUT2D eigenvalue weighted by molar-refractivity contribution is 7.90. The van der Waals surface area contributed by atoms with Crippen LogP contribution in [-0.2, 0) is 10.1 Å². The van der Waals surface area contributed by atoms with E-state index in [1.807, 2.05) is 0 Å². The highest BCUT2D eigenvalue weighted by Gasteiger charge is 2.29. The van der Waals surface area contributed by atoms with Gasteiger partial charge in [0, 0.05) is 23.2 Å². The van der Waals surface area contributed by atoms with E-state index in [0.717, 1.165) is 0 Å². The van der Waals surface area contributed by atoms with Crippen molar-refractivity contribution in [1.29, 1.82) is 0 Å². The number of allylic oxidation sites excluding steroid dienone is 5. The number of hydrogen-bond acceptors (Lipinski definition) is 4. The monoisotopic (exact) mass is 240 g/mol. The molecule has 6 heteroatoms. The van der Waals surface area contributed by atoms with Crippen molar-refractivity contribution in [3.05, 3.63) is 46.7 Å². The van der Waals surface area contributed by atoms with Crippen LogP contribution in [0.2, 0.25) is 0 Å². The molecule has 0 aromatic rings. The molecule has 0 heterocycles. The molecule has 5 N–H and O–H groups in total. The van der Waals surface area contributed by atoms with Crippen molar-refractivity contribution >= 4 is 10.1 Å². The first-order valence-electron chi connectivity index (χ1n) is 4.70. The number of fused-ring (bicyclic) bond motifs is 1. The Hall–Kier alpha value is -1.53. The van der Waals surface area contributed by atoms with Gasteiger partial charge in [0.2, 0.25) is 0 Å². The molecule has 86 valence electrons. The molecule has 0 saturated carbocycles. The van der Waals surface area contributed by atoms with Crippen LogP contribution in [0.15, 0.2) is 46.7 Å². The first kappa shape index (κ1) is 11.0. The van der Waals surface area contributed by atoms with E-state index in [1.165, 1.54) is 12.2 Å². The van der Waals surface area contributed by atoms with Crippen molar-refractivity contribution < 1.29 is 13.0 Å². The summed E-state index contributed by atoms with van der Waals surface area (Å²) in [6, 6.07) is 0. The van der Waals surface area contributed by atoms with Crippen LogP contribution < -0.4 is 11.5 Å². The van der Waals surface area contributed by atoms with Gasteiger partial charge in [-0.05, 0) is 18.2 Å². The van der Waals surface area contributed by atoms with E-state index in [4.69, 9.17) is 16.0 Å². The summed E-state index contributed by atoms with van der Waals surface area (Å²) < 4.78 is 30.9. The molecule has 0 spiro atoms. The van der Waals surface area contributed by atoms with Crippen molar-refractivity contribution in [2.24, 2.45) is 23.3 Å². The summed E-state index contributed by atoms with van der Waals surface area (Å²) in [6.45, 7) is 0. The predicted molar refractivity (Wildman–Crippen MR) is 60.3 cm³/mol. The normalized spacial score (nSPS) is 28.9. The van der Waals surface area contributed by atoms with Gasteiger partial charge in [0.25, 0.3) is 10.1 Å². The Kier molecular flexibility index (Phi) is 2.40. The third-order valence-electron chi connectivity index (χ3n) is 2.73. The topological polar surface area (TPSA) is 106 Å². The minimum Gasteiger partial charge on any atom is -0.402 e. The Morgan fingerprint density at radius 1 is 1.12 bits per heavy atom. The molecule has 2 atom stereocenters. The standard InChI is InChI=1S/C10H12N2O3S/c11-9-3-4-10(12)8-5-6(16(13,14)15)1-2-7(8)9/h1-5,7-8H,11-12H2,(H,13,14,15). The fraction of sp³-hybridized carbons (Fsp3) is 0.200. The minimum absolute atomic E-state index is 0.129. The molecule has 0 aliphatic heterocycles. The van der Waals surface area contributed by atoms with Gasteiger partial charge in [-0.1, -0.05) is 12.2 Å². The van der Waals surface area contributed by atoms with Crippen LogP contribution in [0.3, 0.4) is 0 Å². The summed E-state index contributed by atoms with van der Waals surface area (Å²) in [7, 11) is -4.19. The second-order valence-electron chi connectivity index (χ2n) is 3.79. The molecule has 0 saturated heterocycles. The van der Waals surface area contributed by atoms with Gasteiger partial charge in [-0.2, -0.15) is 8.42 Å². The SMILES string of the molecule is NC1=CC=C(N)C2C=C(S(=O)(=O)O)C=CC12. The van der Waals surface area contributed by atoms with Crippen LogP contribution in [0.5, 0.6) is 0 Å². The van der Waals surface area contributed by atoms with Crippen molar-refractivity contribution in [3.8, 4) is 0 Å². The average molecular weight is 240 g/mol. The molecule has 0 fully saturated rings. The van der Waals surface area contributed by atoms with Crippen LogP contribution >= 0.6 is 0 Å². The van der Waals surface area contributed by atoms with Gasteiger partial charge in [-0.15, -0.1) is 0 Å². The van der Waals surface area contributed by atoms with Gasteiger partial charge in [0.15, 0.2) is 0 Å². The van der Waals surface area contributed by atoms with E-state index in [0.29, 0.717) is 11.4 Å². The largest absolute Gasteiger partial charge is 0.402 e. The smallest absolute Gasteiger partial charge is 0.294 e. The summed E-state index contributed by atoms with van der Waals surface area (Å²) in [5.41, 5.74) is 12.7. The fourth-order valence-electron chi connectivity index (χ4n) is 1.86. The Morgan fingerprint density at radius 3 is 2.25 bits per heavy atom. The van der Waals surface area contributed by atoms with E-state index in [2.05, 4.69) is 0 Å². The van der Waals surface area contributed by atoms with Crippen molar-refractivity contribution in [1.82, 2.24) is 0 Å². The Labute approximate surface area is 93.6 Å². The summed E-state index contributed by atoms with van der Waals surface area (Å²) in [6.07, 6.45) is 7.75. The fourth-order valence-corrected chi connectivity index (χ4v) is 2.43. The highest BCUT2D eigenvalue weighted by Crippen LogP contribution is 2.34. The quantitative estimate of drug-likeness (QED) is 0.570. The lowest BCUT2D eigenvalue weighted by Crippen LogP contribution is -2.28. The van der Waals surface area contributed by atoms with Crippen molar-refractivity contribution in [2.75, 3.05) is 0 Å². The molecule has 0 radical (unpaired) electrons. The summed E-state index contributed by atoms with van der Waals surface area (Å²) in [4.78, 5) is -0.139. The first-order valence-corrected chi connectivity index (χ1v) is 6.14. The van der Waals surface area contributed by atoms with Gasteiger partial charge < -0.3 is 11.5 Å². The zero-order valence-electron chi connectivity index (χ0n) is 8.37. The van der Waals surface area contributed by atoms with Gasteiger partial charge in [-0.3, -0.25) is 4.55 Å². The Morgan fingerprint density at radius 2 is 1.69 bits per heavy atom. The second-order valence-corrected chi connectivity index (χ2v) is 5.21. The van der Waals surface area contributed by atoms with Gasteiger partial charge >= 0.3 is 0 Å². The highest BCUT2D eigenvalue weighted by atomic mass is 32.2. The molecule has 5 nitrogen and oxygen atoms in total. The van der Waals surface area contributed by atoms with Gasteiger partial charge in [0.05, 0.1) is 4.91 Å². The molecule has 0 aromatic carbocycles. The molecule has 16 heavy (non-hydrogen) atoms. The van der Waals surface area contributed by atoms with Crippen LogP contribution in [0.1, 0.15) is 0 Å². The van der Waals surface area contributed by atoms with E-state index < -0.39 is 10.1 Å². The van der Waals surface area contributed by atoms with Gasteiger partial charge in [0.1, 0.15) is 0 Å². The third kappa shape index (κ3) is 1.77. The molecular weight excluding hydrogens is 228 g/mol. The minimum atomic E-state index is -4.19. The first-order chi connectivity index (χ1) is 7.39. The van der Waals surface area contributed by atoms with E-state index >= 15 is 0 Å². The molecule has 0 amide bonds.